The Morgan fingerprint density at radius 2 is 1.80 bits per heavy atom. The molecular formula is C18H31NS. The molecule has 0 unspecified atom stereocenters. The minimum absolute atomic E-state index is 0.183. The van der Waals surface area contributed by atoms with E-state index in [2.05, 4.69) is 57.3 Å². The van der Waals surface area contributed by atoms with Gasteiger partial charge in [0.15, 0.2) is 0 Å². The Morgan fingerprint density at radius 3 is 2.50 bits per heavy atom. The number of nitrogens with one attached hydrogen (secondary N) is 1. The van der Waals surface area contributed by atoms with Crippen molar-refractivity contribution in [3.8, 4) is 0 Å². The number of hydrogen-bond acceptors (Lipinski definition) is 2. The Hall–Kier alpha value is -0.470. The largest absolute Gasteiger partial charge is 0.308 e. The molecule has 114 valence electrons. The van der Waals surface area contributed by atoms with E-state index in [0.29, 0.717) is 0 Å². The summed E-state index contributed by atoms with van der Waals surface area (Å²) in [6, 6.07) is 8.95. The van der Waals surface area contributed by atoms with Crippen molar-refractivity contribution in [2.45, 2.75) is 76.8 Å². The Balaban J connectivity index is 2.29. The van der Waals surface area contributed by atoms with Crippen LogP contribution in [0.5, 0.6) is 0 Å². The Kier molecular flexibility index (Phi) is 8.32. The molecule has 0 atom stereocenters. The van der Waals surface area contributed by atoms with Gasteiger partial charge in [-0.15, -0.1) is 11.8 Å². The molecule has 0 bridgehead atoms. The van der Waals surface area contributed by atoms with E-state index in [9.17, 15) is 0 Å². The molecule has 0 spiro atoms. The van der Waals surface area contributed by atoms with Crippen LogP contribution < -0.4 is 5.32 Å². The molecule has 0 radical (unpaired) electrons. The van der Waals surface area contributed by atoms with Gasteiger partial charge in [0.25, 0.3) is 0 Å². The summed E-state index contributed by atoms with van der Waals surface area (Å²) >= 11 is 2.00. The highest BCUT2D eigenvalue weighted by Crippen LogP contribution is 2.21. The zero-order valence-corrected chi connectivity index (χ0v) is 14.5. The first-order valence-corrected chi connectivity index (χ1v) is 8.96. The molecule has 0 aliphatic heterocycles. The third-order valence-corrected chi connectivity index (χ3v) is 4.32. The fourth-order valence-electron chi connectivity index (χ4n) is 2.01. The third-order valence-electron chi connectivity index (χ3n) is 3.24. The SMILES string of the molecule is CCCCCCCSc1cccc(CNC(C)(C)C)c1. The maximum atomic E-state index is 3.55. The number of thioether (sulfide) groups is 1. The quantitative estimate of drug-likeness (QED) is 0.467. The highest BCUT2D eigenvalue weighted by atomic mass is 32.2. The second kappa shape index (κ2) is 9.46. The van der Waals surface area contributed by atoms with E-state index in [-0.39, 0.29) is 5.54 Å². The molecule has 2 heteroatoms. The molecule has 0 aliphatic rings. The molecule has 1 aromatic carbocycles. The maximum Gasteiger partial charge on any atom is 0.0210 e. The minimum atomic E-state index is 0.183. The molecule has 0 aliphatic carbocycles. The van der Waals surface area contributed by atoms with Gasteiger partial charge in [0.05, 0.1) is 0 Å². The molecule has 0 saturated heterocycles. The molecule has 1 N–H and O–H groups in total. The van der Waals surface area contributed by atoms with Gasteiger partial charge in [-0.05, 0) is 50.6 Å². The Bertz CT molecular complexity index is 368. The molecule has 1 aromatic rings. The molecule has 0 aromatic heterocycles. The monoisotopic (exact) mass is 293 g/mol. The van der Waals surface area contributed by atoms with E-state index in [1.54, 1.807) is 0 Å². The van der Waals surface area contributed by atoms with Gasteiger partial charge in [0, 0.05) is 17.0 Å². The van der Waals surface area contributed by atoms with E-state index in [1.165, 1.54) is 48.3 Å². The zero-order valence-electron chi connectivity index (χ0n) is 13.7. The summed E-state index contributed by atoms with van der Waals surface area (Å²) in [7, 11) is 0. The number of unbranched alkanes of at least 4 members (excludes halogenated alkanes) is 4. The van der Waals surface area contributed by atoms with Crippen LogP contribution in [0.1, 0.15) is 65.4 Å². The summed E-state index contributed by atoms with van der Waals surface area (Å²) < 4.78 is 0. The van der Waals surface area contributed by atoms with Crippen molar-refractivity contribution >= 4 is 11.8 Å². The van der Waals surface area contributed by atoms with Crippen molar-refractivity contribution in [2.75, 3.05) is 5.75 Å². The van der Waals surface area contributed by atoms with Crippen LogP contribution in [0.2, 0.25) is 0 Å². The lowest BCUT2D eigenvalue weighted by Crippen LogP contribution is -2.35. The van der Waals surface area contributed by atoms with Crippen molar-refractivity contribution < 1.29 is 0 Å². The lowest BCUT2D eigenvalue weighted by Gasteiger charge is -2.20. The van der Waals surface area contributed by atoms with E-state index >= 15 is 0 Å². The molecule has 1 nitrogen and oxygen atoms in total. The van der Waals surface area contributed by atoms with Gasteiger partial charge in [-0.2, -0.15) is 0 Å². The predicted molar refractivity (Wildman–Crippen MR) is 92.5 cm³/mol. The zero-order chi connectivity index (χ0) is 14.8. The first-order valence-electron chi connectivity index (χ1n) is 7.98. The van der Waals surface area contributed by atoms with Crippen molar-refractivity contribution in [1.29, 1.82) is 0 Å². The van der Waals surface area contributed by atoms with Crippen molar-refractivity contribution in [3.05, 3.63) is 29.8 Å². The van der Waals surface area contributed by atoms with E-state index < -0.39 is 0 Å². The molecule has 0 saturated carbocycles. The van der Waals surface area contributed by atoms with Gasteiger partial charge >= 0.3 is 0 Å². The summed E-state index contributed by atoms with van der Waals surface area (Å²) in [5, 5.41) is 3.55. The van der Waals surface area contributed by atoms with Crippen LogP contribution in [0.3, 0.4) is 0 Å². The fraction of sp³-hybridized carbons (Fsp3) is 0.667. The van der Waals surface area contributed by atoms with Crippen molar-refractivity contribution in [3.63, 3.8) is 0 Å². The topological polar surface area (TPSA) is 12.0 Å². The summed E-state index contributed by atoms with van der Waals surface area (Å²) in [4.78, 5) is 1.41. The van der Waals surface area contributed by atoms with Crippen LogP contribution in [0.15, 0.2) is 29.2 Å². The van der Waals surface area contributed by atoms with Crippen LogP contribution >= 0.6 is 11.8 Å². The molecule has 20 heavy (non-hydrogen) atoms. The smallest absolute Gasteiger partial charge is 0.0210 e. The normalized spacial score (nSPS) is 11.8. The molecule has 0 fully saturated rings. The standard InChI is InChI=1S/C18H31NS/c1-5-6-7-8-9-13-20-17-12-10-11-16(14-17)15-19-18(2,3)4/h10-12,14,19H,5-9,13,15H2,1-4H3. The van der Waals surface area contributed by atoms with Crippen LogP contribution in [0.25, 0.3) is 0 Å². The first-order chi connectivity index (χ1) is 9.51. The fourth-order valence-corrected chi connectivity index (χ4v) is 3.00. The van der Waals surface area contributed by atoms with Crippen LogP contribution in [0, 0.1) is 0 Å². The molecular weight excluding hydrogens is 262 g/mol. The van der Waals surface area contributed by atoms with Gasteiger partial charge in [0.1, 0.15) is 0 Å². The number of benzene rings is 1. The summed E-state index contributed by atoms with van der Waals surface area (Å²) in [6.45, 7) is 9.85. The molecule has 0 heterocycles. The van der Waals surface area contributed by atoms with Gasteiger partial charge < -0.3 is 5.32 Å². The molecule has 1 rings (SSSR count). The van der Waals surface area contributed by atoms with Gasteiger partial charge in [0.2, 0.25) is 0 Å². The minimum Gasteiger partial charge on any atom is -0.308 e. The van der Waals surface area contributed by atoms with Crippen LogP contribution in [0.4, 0.5) is 0 Å². The van der Waals surface area contributed by atoms with Gasteiger partial charge in [-0.1, -0.05) is 44.7 Å². The second-order valence-corrected chi connectivity index (χ2v) is 7.68. The summed E-state index contributed by atoms with van der Waals surface area (Å²) in [5.74, 6) is 1.25. The van der Waals surface area contributed by atoms with E-state index in [1.807, 2.05) is 11.8 Å². The first kappa shape index (κ1) is 17.6. The highest BCUT2D eigenvalue weighted by molar-refractivity contribution is 7.99. The van der Waals surface area contributed by atoms with Crippen molar-refractivity contribution in [2.24, 2.45) is 0 Å². The van der Waals surface area contributed by atoms with E-state index in [4.69, 9.17) is 0 Å². The number of rotatable bonds is 9. The van der Waals surface area contributed by atoms with Crippen LogP contribution in [-0.4, -0.2) is 11.3 Å². The average molecular weight is 294 g/mol. The second-order valence-electron chi connectivity index (χ2n) is 6.51. The number of hydrogen-bond donors (Lipinski definition) is 1. The van der Waals surface area contributed by atoms with E-state index in [0.717, 1.165) is 6.54 Å². The summed E-state index contributed by atoms with van der Waals surface area (Å²) in [5.41, 5.74) is 1.57. The third kappa shape index (κ3) is 8.65. The average Bonchev–Trinajstić information content (AvgIpc) is 2.40. The molecule has 0 amide bonds. The Morgan fingerprint density at radius 1 is 1.05 bits per heavy atom. The lowest BCUT2D eigenvalue weighted by molar-refractivity contribution is 0.424. The predicted octanol–water partition coefficient (Wildman–Crippen LogP) is 5.64. The Labute approximate surface area is 129 Å². The lowest BCUT2D eigenvalue weighted by atomic mass is 10.1. The van der Waals surface area contributed by atoms with Crippen molar-refractivity contribution in [1.82, 2.24) is 5.32 Å². The van der Waals surface area contributed by atoms with Gasteiger partial charge in [-0.3, -0.25) is 0 Å². The van der Waals surface area contributed by atoms with Crippen LogP contribution in [-0.2, 0) is 6.54 Å². The van der Waals surface area contributed by atoms with Gasteiger partial charge in [-0.25, -0.2) is 0 Å². The summed E-state index contributed by atoms with van der Waals surface area (Å²) in [6.07, 6.45) is 6.84. The maximum absolute atomic E-state index is 3.55. The highest BCUT2D eigenvalue weighted by Gasteiger charge is 2.08.